The number of ether oxygens (including phenoxy) is 2. The molecule has 4 heteroatoms. The maximum atomic E-state index is 11.9. The van der Waals surface area contributed by atoms with Crippen LogP contribution in [0.15, 0.2) is 42.5 Å². The second-order valence-corrected chi connectivity index (χ2v) is 5.10. The van der Waals surface area contributed by atoms with E-state index >= 15 is 0 Å². The molecule has 0 spiro atoms. The molecule has 1 aliphatic heterocycles. The predicted octanol–water partition coefficient (Wildman–Crippen LogP) is 3.42. The van der Waals surface area contributed by atoms with E-state index in [1.165, 1.54) is 13.2 Å². The van der Waals surface area contributed by atoms with Gasteiger partial charge in [-0.2, -0.15) is 0 Å². The summed E-state index contributed by atoms with van der Waals surface area (Å²) in [5.41, 5.74) is 1.94. The van der Waals surface area contributed by atoms with Gasteiger partial charge in [0.2, 0.25) is 0 Å². The van der Waals surface area contributed by atoms with Gasteiger partial charge in [0, 0.05) is 11.5 Å². The van der Waals surface area contributed by atoms with Crippen LogP contribution < -0.4 is 4.74 Å². The van der Waals surface area contributed by atoms with Crippen LogP contribution in [0, 0.1) is 0 Å². The summed E-state index contributed by atoms with van der Waals surface area (Å²) in [6.07, 6.45) is -0.175. The van der Waals surface area contributed by atoms with Gasteiger partial charge >= 0.3 is 5.97 Å². The molecule has 4 nitrogen and oxygen atoms in total. The van der Waals surface area contributed by atoms with Gasteiger partial charge in [-0.3, -0.25) is 0 Å². The second-order valence-electron chi connectivity index (χ2n) is 5.10. The lowest BCUT2D eigenvalue weighted by Crippen LogP contribution is -2.10. The number of rotatable bonds is 2. The highest BCUT2D eigenvalue weighted by Crippen LogP contribution is 2.49. The third-order valence-electron chi connectivity index (χ3n) is 3.86. The van der Waals surface area contributed by atoms with Crippen molar-refractivity contribution in [2.75, 3.05) is 7.11 Å². The standard InChI is InChI=1S/C17H16O4/c1-10-14-13(9-8-12(18)15(14)17(19)20-2)21-16(10)11-6-4-3-5-7-11/h3-10,16,18H,1-2H3/t10-,16-/m0/s1. The average molecular weight is 284 g/mol. The number of fused-ring (bicyclic) bond motifs is 1. The van der Waals surface area contributed by atoms with E-state index in [-0.39, 0.29) is 23.3 Å². The highest BCUT2D eigenvalue weighted by Gasteiger charge is 2.37. The van der Waals surface area contributed by atoms with Gasteiger partial charge in [0.15, 0.2) is 0 Å². The minimum Gasteiger partial charge on any atom is -0.507 e. The zero-order chi connectivity index (χ0) is 15.0. The highest BCUT2D eigenvalue weighted by molar-refractivity contribution is 5.95. The van der Waals surface area contributed by atoms with Crippen LogP contribution in [0.25, 0.3) is 0 Å². The number of esters is 1. The molecule has 2 aromatic rings. The Bertz CT molecular complexity index is 679. The molecule has 0 saturated carbocycles. The van der Waals surface area contributed by atoms with Crippen molar-refractivity contribution in [2.45, 2.75) is 18.9 Å². The Kier molecular flexibility index (Phi) is 3.29. The number of benzene rings is 2. The summed E-state index contributed by atoms with van der Waals surface area (Å²) in [7, 11) is 1.30. The van der Waals surface area contributed by atoms with E-state index in [1.54, 1.807) is 6.07 Å². The van der Waals surface area contributed by atoms with E-state index < -0.39 is 5.97 Å². The summed E-state index contributed by atoms with van der Waals surface area (Å²) < 4.78 is 10.8. The van der Waals surface area contributed by atoms with Gasteiger partial charge in [-0.1, -0.05) is 37.3 Å². The zero-order valence-electron chi connectivity index (χ0n) is 11.9. The van der Waals surface area contributed by atoms with Crippen molar-refractivity contribution in [1.82, 2.24) is 0 Å². The number of methoxy groups -OCH3 is 1. The number of aromatic hydroxyl groups is 1. The summed E-state index contributed by atoms with van der Waals surface area (Å²) in [4.78, 5) is 11.9. The molecule has 3 rings (SSSR count). The van der Waals surface area contributed by atoms with Crippen LogP contribution in [-0.4, -0.2) is 18.2 Å². The number of hydrogen-bond donors (Lipinski definition) is 1. The fourth-order valence-corrected chi connectivity index (χ4v) is 2.85. The Hall–Kier alpha value is -2.49. The zero-order valence-corrected chi connectivity index (χ0v) is 11.9. The molecule has 0 radical (unpaired) electrons. The van der Waals surface area contributed by atoms with Crippen molar-refractivity contribution >= 4 is 5.97 Å². The molecule has 0 unspecified atom stereocenters. The molecule has 0 fully saturated rings. The third-order valence-corrected chi connectivity index (χ3v) is 3.86. The van der Waals surface area contributed by atoms with Crippen molar-refractivity contribution in [3.63, 3.8) is 0 Å². The fraction of sp³-hybridized carbons (Fsp3) is 0.235. The first kappa shape index (κ1) is 13.5. The Morgan fingerprint density at radius 2 is 1.90 bits per heavy atom. The first-order valence-electron chi connectivity index (χ1n) is 6.79. The van der Waals surface area contributed by atoms with Crippen LogP contribution in [-0.2, 0) is 4.74 Å². The largest absolute Gasteiger partial charge is 0.507 e. The Morgan fingerprint density at radius 1 is 1.19 bits per heavy atom. The highest BCUT2D eigenvalue weighted by atomic mass is 16.5. The molecule has 0 saturated heterocycles. The van der Waals surface area contributed by atoms with Gasteiger partial charge in [-0.05, 0) is 17.7 Å². The maximum Gasteiger partial charge on any atom is 0.342 e. The molecule has 0 aromatic heterocycles. The number of phenolic OH excluding ortho intramolecular Hbond substituents is 1. The number of hydrogen-bond acceptors (Lipinski definition) is 4. The van der Waals surface area contributed by atoms with Crippen LogP contribution in [0.5, 0.6) is 11.5 Å². The van der Waals surface area contributed by atoms with Crippen molar-refractivity contribution in [2.24, 2.45) is 0 Å². The van der Waals surface area contributed by atoms with Crippen LogP contribution >= 0.6 is 0 Å². The Labute approximate surface area is 122 Å². The molecular formula is C17H16O4. The number of carbonyl (C=O) groups is 1. The van der Waals surface area contributed by atoms with Crippen molar-refractivity contribution < 1.29 is 19.4 Å². The maximum absolute atomic E-state index is 11.9. The van der Waals surface area contributed by atoms with E-state index in [2.05, 4.69) is 0 Å². The van der Waals surface area contributed by atoms with E-state index in [9.17, 15) is 9.90 Å². The normalized spacial score (nSPS) is 19.7. The molecule has 1 heterocycles. The van der Waals surface area contributed by atoms with Gasteiger partial charge in [0.25, 0.3) is 0 Å². The number of carbonyl (C=O) groups excluding carboxylic acids is 1. The Balaban J connectivity index is 2.08. The van der Waals surface area contributed by atoms with E-state index in [1.807, 2.05) is 37.3 Å². The first-order valence-corrected chi connectivity index (χ1v) is 6.79. The van der Waals surface area contributed by atoms with Crippen LogP contribution in [0.3, 0.4) is 0 Å². The summed E-state index contributed by atoms with van der Waals surface area (Å²) in [6, 6.07) is 13.0. The van der Waals surface area contributed by atoms with Gasteiger partial charge in [0.05, 0.1) is 7.11 Å². The summed E-state index contributed by atoms with van der Waals surface area (Å²) in [5, 5.41) is 9.99. The Morgan fingerprint density at radius 3 is 2.57 bits per heavy atom. The monoisotopic (exact) mass is 284 g/mol. The lowest BCUT2D eigenvalue weighted by Gasteiger charge is -2.16. The third kappa shape index (κ3) is 2.13. The number of phenols is 1. The van der Waals surface area contributed by atoms with Crippen molar-refractivity contribution in [1.29, 1.82) is 0 Å². The van der Waals surface area contributed by atoms with E-state index in [0.29, 0.717) is 11.3 Å². The van der Waals surface area contributed by atoms with E-state index in [4.69, 9.17) is 9.47 Å². The topological polar surface area (TPSA) is 55.8 Å². The molecule has 0 bridgehead atoms. The van der Waals surface area contributed by atoms with Gasteiger partial charge in [-0.15, -0.1) is 0 Å². The lowest BCUT2D eigenvalue weighted by atomic mass is 9.89. The van der Waals surface area contributed by atoms with Gasteiger partial charge in [-0.25, -0.2) is 4.79 Å². The SMILES string of the molecule is COC(=O)c1c(O)ccc2c1[C@H](C)[C@@H](c1ccccc1)O2. The molecule has 21 heavy (non-hydrogen) atoms. The second kappa shape index (κ2) is 5.13. The molecule has 1 N–H and O–H groups in total. The minimum atomic E-state index is -0.548. The first-order chi connectivity index (χ1) is 10.1. The van der Waals surface area contributed by atoms with Crippen molar-refractivity contribution in [3.05, 3.63) is 59.2 Å². The van der Waals surface area contributed by atoms with Crippen LogP contribution in [0.1, 0.15) is 40.4 Å². The van der Waals surface area contributed by atoms with Gasteiger partial charge in [0.1, 0.15) is 23.2 Å². The fourth-order valence-electron chi connectivity index (χ4n) is 2.85. The summed E-state index contributed by atoms with van der Waals surface area (Å²) in [6.45, 7) is 1.98. The minimum absolute atomic E-state index is 0.0522. The molecule has 1 aliphatic rings. The summed E-state index contributed by atoms with van der Waals surface area (Å²) in [5.74, 6) is -0.0589. The molecule has 2 aromatic carbocycles. The quantitative estimate of drug-likeness (QED) is 0.859. The predicted molar refractivity (Wildman–Crippen MR) is 77.7 cm³/mol. The van der Waals surface area contributed by atoms with E-state index in [0.717, 1.165) is 5.56 Å². The van der Waals surface area contributed by atoms with Crippen LogP contribution in [0.4, 0.5) is 0 Å². The molecular weight excluding hydrogens is 268 g/mol. The molecule has 0 amide bonds. The summed E-state index contributed by atoms with van der Waals surface area (Å²) >= 11 is 0. The van der Waals surface area contributed by atoms with Crippen LogP contribution in [0.2, 0.25) is 0 Å². The molecule has 0 aliphatic carbocycles. The molecule has 2 atom stereocenters. The average Bonchev–Trinajstić information content (AvgIpc) is 2.85. The van der Waals surface area contributed by atoms with Crippen molar-refractivity contribution in [3.8, 4) is 11.5 Å². The smallest absolute Gasteiger partial charge is 0.342 e. The van der Waals surface area contributed by atoms with Gasteiger partial charge < -0.3 is 14.6 Å². The molecule has 108 valence electrons. The lowest BCUT2D eigenvalue weighted by molar-refractivity contribution is 0.0596.